The number of hydrogen-bond acceptors (Lipinski definition) is 7. The fourth-order valence-electron chi connectivity index (χ4n) is 2.00. The van der Waals surface area contributed by atoms with Crippen LogP contribution in [0.15, 0.2) is 6.33 Å². The molecule has 0 spiro atoms. The van der Waals surface area contributed by atoms with Gasteiger partial charge in [-0.3, -0.25) is 0 Å². The molecule has 0 saturated carbocycles. The van der Waals surface area contributed by atoms with Gasteiger partial charge in [0.2, 0.25) is 16.0 Å². The van der Waals surface area contributed by atoms with E-state index in [1.807, 2.05) is 6.92 Å². The minimum absolute atomic E-state index is 0.142. The van der Waals surface area contributed by atoms with Crippen LogP contribution in [0.5, 0.6) is 0 Å². The van der Waals surface area contributed by atoms with E-state index in [4.69, 9.17) is 5.73 Å². The van der Waals surface area contributed by atoms with Crippen molar-refractivity contribution in [3.63, 3.8) is 0 Å². The molecule has 0 aliphatic heterocycles. The quantitative estimate of drug-likeness (QED) is 0.614. The molecule has 10 heteroatoms. The number of nitrogens with two attached hydrogens (primary N) is 1. The van der Waals surface area contributed by atoms with Gasteiger partial charge in [0.1, 0.15) is 5.52 Å². The summed E-state index contributed by atoms with van der Waals surface area (Å²) in [6, 6.07) is 0. The fourth-order valence-corrected chi connectivity index (χ4v) is 2.93. The largest absolute Gasteiger partial charge is 0.368 e. The Morgan fingerprint density at radius 2 is 2.19 bits per heavy atom. The zero-order valence-electron chi connectivity index (χ0n) is 12.0. The summed E-state index contributed by atoms with van der Waals surface area (Å²) in [7, 11) is -3.15. The standard InChI is InChI=1S/C11H19N7O2S/c1-3-18(21(2,19)20)6-4-5-13-9-8-10(15-7-14-8)17-11(12)16-9/h7H,3-6H2,1-2H3,(H4,12,13,14,15,16,17). The number of nitrogens with zero attached hydrogens (tertiary/aromatic N) is 4. The van der Waals surface area contributed by atoms with Gasteiger partial charge in [-0.05, 0) is 6.42 Å². The lowest BCUT2D eigenvalue weighted by Gasteiger charge is -2.17. The van der Waals surface area contributed by atoms with E-state index in [0.717, 1.165) is 0 Å². The van der Waals surface area contributed by atoms with E-state index in [1.54, 1.807) is 0 Å². The number of aromatic amines is 1. The second kappa shape index (κ2) is 6.22. The molecule has 0 radical (unpaired) electrons. The Balaban J connectivity index is 1.95. The van der Waals surface area contributed by atoms with Crippen LogP contribution in [0.4, 0.5) is 11.8 Å². The topological polar surface area (TPSA) is 130 Å². The normalized spacial score (nSPS) is 12.1. The summed E-state index contributed by atoms with van der Waals surface area (Å²) in [5.74, 6) is 0.709. The van der Waals surface area contributed by atoms with E-state index < -0.39 is 10.0 Å². The molecule has 0 atom stereocenters. The van der Waals surface area contributed by atoms with Crippen LogP contribution in [-0.4, -0.2) is 58.5 Å². The zero-order chi connectivity index (χ0) is 15.5. The number of aromatic nitrogens is 4. The molecular weight excluding hydrogens is 294 g/mol. The van der Waals surface area contributed by atoms with Gasteiger partial charge in [0, 0.05) is 19.6 Å². The van der Waals surface area contributed by atoms with E-state index >= 15 is 0 Å². The molecule has 4 N–H and O–H groups in total. The number of nitrogens with one attached hydrogen (secondary N) is 2. The van der Waals surface area contributed by atoms with Crippen molar-refractivity contribution >= 4 is 33.0 Å². The van der Waals surface area contributed by atoms with E-state index in [2.05, 4.69) is 25.3 Å². The number of fused-ring (bicyclic) bond motifs is 1. The van der Waals surface area contributed by atoms with Crippen LogP contribution in [0.25, 0.3) is 11.2 Å². The van der Waals surface area contributed by atoms with Crippen molar-refractivity contribution in [2.75, 3.05) is 36.9 Å². The highest BCUT2D eigenvalue weighted by atomic mass is 32.2. The van der Waals surface area contributed by atoms with Crippen molar-refractivity contribution in [3.8, 4) is 0 Å². The Labute approximate surface area is 123 Å². The predicted molar refractivity (Wildman–Crippen MR) is 81.3 cm³/mol. The second-order valence-corrected chi connectivity index (χ2v) is 6.55. The van der Waals surface area contributed by atoms with Crippen molar-refractivity contribution in [2.24, 2.45) is 0 Å². The molecule has 0 fully saturated rings. The number of imidazole rings is 1. The van der Waals surface area contributed by atoms with Crippen LogP contribution < -0.4 is 11.1 Å². The molecule has 0 aromatic carbocycles. The van der Waals surface area contributed by atoms with Gasteiger partial charge in [-0.15, -0.1) is 0 Å². The third-order valence-corrected chi connectivity index (χ3v) is 4.38. The van der Waals surface area contributed by atoms with Crippen LogP contribution >= 0.6 is 0 Å². The molecular formula is C11H19N7O2S. The van der Waals surface area contributed by atoms with Gasteiger partial charge in [-0.1, -0.05) is 6.92 Å². The Bertz CT molecular complexity index is 712. The lowest BCUT2D eigenvalue weighted by Crippen LogP contribution is -2.31. The highest BCUT2D eigenvalue weighted by molar-refractivity contribution is 7.88. The Morgan fingerprint density at radius 1 is 1.43 bits per heavy atom. The second-order valence-electron chi connectivity index (χ2n) is 4.57. The van der Waals surface area contributed by atoms with E-state index in [1.165, 1.54) is 16.9 Å². The van der Waals surface area contributed by atoms with Crippen molar-refractivity contribution in [1.29, 1.82) is 0 Å². The highest BCUT2D eigenvalue weighted by Gasteiger charge is 2.13. The summed E-state index contributed by atoms with van der Waals surface area (Å²) < 4.78 is 24.4. The summed E-state index contributed by atoms with van der Waals surface area (Å²) >= 11 is 0. The first-order valence-electron chi connectivity index (χ1n) is 6.57. The van der Waals surface area contributed by atoms with E-state index in [9.17, 15) is 8.42 Å². The number of sulfonamides is 1. The summed E-state index contributed by atoms with van der Waals surface area (Å²) in [5.41, 5.74) is 6.79. The van der Waals surface area contributed by atoms with E-state index in [0.29, 0.717) is 43.0 Å². The molecule has 2 aromatic heterocycles. The summed E-state index contributed by atoms with van der Waals surface area (Å²) in [6.45, 7) is 3.30. The van der Waals surface area contributed by atoms with Crippen molar-refractivity contribution in [3.05, 3.63) is 6.33 Å². The summed E-state index contributed by atoms with van der Waals surface area (Å²) in [5, 5.41) is 3.12. The molecule has 0 amide bonds. The average molecular weight is 313 g/mol. The van der Waals surface area contributed by atoms with Crippen molar-refractivity contribution in [1.82, 2.24) is 24.2 Å². The molecule has 2 heterocycles. The monoisotopic (exact) mass is 313 g/mol. The number of nitrogen functional groups attached to an aromatic ring is 1. The number of H-pyrrole nitrogens is 1. The lowest BCUT2D eigenvalue weighted by molar-refractivity contribution is 0.428. The predicted octanol–water partition coefficient (Wildman–Crippen LogP) is 0.0186. The van der Waals surface area contributed by atoms with Gasteiger partial charge in [0.15, 0.2) is 11.5 Å². The van der Waals surface area contributed by atoms with Crippen LogP contribution in [0.2, 0.25) is 0 Å². The smallest absolute Gasteiger partial charge is 0.224 e. The highest BCUT2D eigenvalue weighted by Crippen LogP contribution is 2.17. The Kier molecular flexibility index (Phi) is 4.58. The van der Waals surface area contributed by atoms with E-state index in [-0.39, 0.29) is 5.95 Å². The summed E-state index contributed by atoms with van der Waals surface area (Å²) in [6.07, 6.45) is 3.38. The molecule has 0 bridgehead atoms. The van der Waals surface area contributed by atoms with Gasteiger partial charge >= 0.3 is 0 Å². The molecule has 9 nitrogen and oxygen atoms in total. The minimum Gasteiger partial charge on any atom is -0.368 e. The average Bonchev–Trinajstić information content (AvgIpc) is 2.84. The van der Waals surface area contributed by atoms with Crippen molar-refractivity contribution < 1.29 is 8.42 Å². The first-order chi connectivity index (χ1) is 9.91. The van der Waals surface area contributed by atoms with Crippen molar-refractivity contribution in [2.45, 2.75) is 13.3 Å². The van der Waals surface area contributed by atoms with Gasteiger partial charge in [0.25, 0.3) is 0 Å². The van der Waals surface area contributed by atoms with Crippen LogP contribution in [0.3, 0.4) is 0 Å². The number of rotatable bonds is 7. The first-order valence-corrected chi connectivity index (χ1v) is 8.42. The SMILES string of the molecule is CCN(CCCNc1nc(N)nc2nc[nH]c12)S(C)(=O)=O. The molecule has 0 aliphatic carbocycles. The molecule has 0 aliphatic rings. The Hall–Kier alpha value is -1.94. The Morgan fingerprint density at radius 3 is 2.86 bits per heavy atom. The maximum atomic E-state index is 11.5. The van der Waals surface area contributed by atoms with Crippen LogP contribution in [-0.2, 0) is 10.0 Å². The summed E-state index contributed by atoms with van der Waals surface area (Å²) in [4.78, 5) is 15.1. The van der Waals surface area contributed by atoms with Crippen LogP contribution in [0, 0.1) is 0 Å². The van der Waals surface area contributed by atoms with Gasteiger partial charge in [-0.25, -0.2) is 17.7 Å². The maximum Gasteiger partial charge on any atom is 0.224 e. The molecule has 0 unspecified atom stereocenters. The fraction of sp³-hybridized carbons (Fsp3) is 0.545. The maximum absolute atomic E-state index is 11.5. The first kappa shape index (κ1) is 15.4. The number of anilines is 2. The molecule has 21 heavy (non-hydrogen) atoms. The van der Waals surface area contributed by atoms with Gasteiger partial charge in [-0.2, -0.15) is 9.97 Å². The minimum atomic E-state index is -3.15. The van der Waals surface area contributed by atoms with Crippen LogP contribution in [0.1, 0.15) is 13.3 Å². The molecule has 0 saturated heterocycles. The van der Waals surface area contributed by atoms with Gasteiger partial charge in [0.05, 0.1) is 12.6 Å². The lowest BCUT2D eigenvalue weighted by atomic mass is 10.4. The number of hydrogen-bond donors (Lipinski definition) is 3. The zero-order valence-corrected chi connectivity index (χ0v) is 12.8. The van der Waals surface area contributed by atoms with Gasteiger partial charge < -0.3 is 16.0 Å². The molecule has 116 valence electrons. The third-order valence-electron chi connectivity index (χ3n) is 3.00. The molecule has 2 aromatic rings. The molecule has 2 rings (SSSR count). The third kappa shape index (κ3) is 3.79.